The lowest BCUT2D eigenvalue weighted by atomic mass is 9.91. The van der Waals surface area contributed by atoms with E-state index in [1.807, 2.05) is 60.7 Å². The van der Waals surface area contributed by atoms with Crippen molar-refractivity contribution in [3.05, 3.63) is 99.5 Å². The van der Waals surface area contributed by atoms with E-state index in [2.05, 4.69) is 11.9 Å². The average Bonchev–Trinajstić information content (AvgIpc) is 2.84. The van der Waals surface area contributed by atoms with E-state index >= 15 is 0 Å². The minimum atomic E-state index is -4.91. The molecule has 0 N–H and O–H groups in total. The van der Waals surface area contributed by atoms with E-state index in [-0.39, 0.29) is 11.7 Å². The van der Waals surface area contributed by atoms with E-state index in [9.17, 15) is 18.0 Å². The third-order valence-corrected chi connectivity index (χ3v) is 6.43. The van der Waals surface area contributed by atoms with Crippen LogP contribution in [0.2, 0.25) is 10.0 Å². The average molecular weight is 538 g/mol. The Morgan fingerprint density at radius 3 is 1.86 bits per heavy atom. The number of alkyl halides is 3. The van der Waals surface area contributed by atoms with Crippen LogP contribution in [0.15, 0.2) is 72.8 Å². The Hall–Kier alpha value is -2.54. The fourth-order valence-corrected chi connectivity index (χ4v) is 4.22. The number of carbonyl (C=O) groups excluding carboxylic acids is 1. The molecule has 0 aliphatic rings. The number of hydrogen-bond donors (Lipinski definition) is 0. The highest BCUT2D eigenvalue weighted by molar-refractivity contribution is 6.30. The molecule has 0 spiro atoms. The van der Waals surface area contributed by atoms with E-state index in [1.54, 1.807) is 12.1 Å². The number of ketones is 1. The van der Waals surface area contributed by atoms with Crippen molar-refractivity contribution in [2.75, 3.05) is 20.1 Å². The first-order valence-electron chi connectivity index (χ1n) is 11.6. The Kier molecular flexibility index (Phi) is 9.83. The van der Waals surface area contributed by atoms with Gasteiger partial charge in [0.25, 0.3) is 5.78 Å². The Balaban J connectivity index is 1.54. The van der Waals surface area contributed by atoms with Crippen molar-refractivity contribution < 1.29 is 22.7 Å². The zero-order chi connectivity index (χ0) is 26.3. The Bertz CT molecular complexity index is 1070. The number of Topliss-reactive ketones (excluding diaryl/α,β-unsaturated/α-hetero) is 1. The first kappa shape index (κ1) is 28.0. The fourth-order valence-electron chi connectivity index (χ4n) is 3.97. The van der Waals surface area contributed by atoms with Crippen LogP contribution in [0.4, 0.5) is 13.2 Å². The quantitative estimate of drug-likeness (QED) is 0.252. The van der Waals surface area contributed by atoms with Gasteiger partial charge in [-0.25, -0.2) is 0 Å². The lowest BCUT2D eigenvalue weighted by Crippen LogP contribution is -2.36. The van der Waals surface area contributed by atoms with Gasteiger partial charge < -0.3 is 9.64 Å². The van der Waals surface area contributed by atoms with E-state index in [0.29, 0.717) is 10.0 Å². The molecular weight excluding hydrogens is 510 g/mol. The molecule has 0 fully saturated rings. The second-order valence-corrected chi connectivity index (χ2v) is 9.66. The molecule has 8 heteroatoms. The van der Waals surface area contributed by atoms with Crippen LogP contribution in [-0.2, 0) is 11.2 Å². The Morgan fingerprint density at radius 1 is 0.889 bits per heavy atom. The maximum atomic E-state index is 12.5. The van der Waals surface area contributed by atoms with E-state index in [4.69, 9.17) is 27.9 Å². The number of benzene rings is 3. The topological polar surface area (TPSA) is 29.5 Å². The predicted octanol–water partition coefficient (Wildman–Crippen LogP) is 7.59. The predicted molar refractivity (Wildman–Crippen MR) is 138 cm³/mol. The number of rotatable bonds is 11. The molecule has 3 aromatic rings. The van der Waals surface area contributed by atoms with Gasteiger partial charge in [0.2, 0.25) is 0 Å². The summed E-state index contributed by atoms with van der Waals surface area (Å²) in [4.78, 5) is 13.5. The number of carbonyl (C=O) groups is 1. The third-order valence-electron chi connectivity index (χ3n) is 5.93. The molecule has 0 radical (unpaired) electrons. The molecule has 0 heterocycles. The van der Waals surface area contributed by atoms with Crippen LogP contribution in [0.1, 0.15) is 36.0 Å². The number of likely N-dealkylation sites (N-methyl/N-ethyl adjacent to an activating group) is 1. The summed E-state index contributed by atoms with van der Waals surface area (Å²) in [5, 5.41) is 1.39. The molecule has 0 aromatic heterocycles. The van der Waals surface area contributed by atoms with Crippen molar-refractivity contribution in [2.45, 2.75) is 38.0 Å². The SMILES string of the molecule is CC(Oc1ccc(CCCN(C)CC(c2ccc(Cl)cc2)c2ccc(Cl)cc2)cc1)C(=O)C(F)(F)F. The monoisotopic (exact) mass is 537 g/mol. The minimum absolute atomic E-state index is 0.155. The molecule has 0 amide bonds. The third kappa shape index (κ3) is 8.26. The van der Waals surface area contributed by atoms with Crippen molar-refractivity contribution in [3.8, 4) is 5.75 Å². The highest BCUT2D eigenvalue weighted by atomic mass is 35.5. The van der Waals surface area contributed by atoms with Crippen molar-refractivity contribution in [2.24, 2.45) is 0 Å². The zero-order valence-corrected chi connectivity index (χ0v) is 21.6. The van der Waals surface area contributed by atoms with Crippen LogP contribution in [0.5, 0.6) is 5.75 Å². The molecule has 1 atom stereocenters. The first-order valence-corrected chi connectivity index (χ1v) is 12.3. The Morgan fingerprint density at radius 2 is 1.39 bits per heavy atom. The Labute approximate surface area is 219 Å². The van der Waals surface area contributed by atoms with Crippen LogP contribution in [0, 0.1) is 0 Å². The van der Waals surface area contributed by atoms with Gasteiger partial charge in [0.15, 0.2) is 6.10 Å². The lowest BCUT2D eigenvalue weighted by Gasteiger charge is -2.25. The first-order chi connectivity index (χ1) is 17.0. The summed E-state index contributed by atoms with van der Waals surface area (Å²) in [5.74, 6) is -1.51. The van der Waals surface area contributed by atoms with Crippen LogP contribution in [0.25, 0.3) is 0 Å². The van der Waals surface area contributed by atoms with Crippen molar-refractivity contribution in [3.63, 3.8) is 0 Å². The number of aryl methyl sites for hydroxylation is 1. The molecular formula is C28H28Cl2F3NO2. The van der Waals surface area contributed by atoms with Gasteiger partial charge in [0.05, 0.1) is 0 Å². The van der Waals surface area contributed by atoms with E-state index in [0.717, 1.165) is 38.4 Å². The second-order valence-electron chi connectivity index (χ2n) is 8.79. The normalized spacial score (nSPS) is 12.7. The summed E-state index contributed by atoms with van der Waals surface area (Å²) in [6, 6.07) is 22.6. The van der Waals surface area contributed by atoms with Gasteiger partial charge in [-0.1, -0.05) is 59.6 Å². The van der Waals surface area contributed by atoms with Crippen molar-refractivity contribution in [1.29, 1.82) is 0 Å². The van der Waals surface area contributed by atoms with Crippen LogP contribution in [0.3, 0.4) is 0 Å². The van der Waals surface area contributed by atoms with Gasteiger partial charge in [0, 0.05) is 22.5 Å². The van der Waals surface area contributed by atoms with Crippen LogP contribution < -0.4 is 4.74 Å². The number of ether oxygens (including phenoxy) is 1. The molecule has 192 valence electrons. The maximum absolute atomic E-state index is 12.5. The molecule has 3 nitrogen and oxygen atoms in total. The summed E-state index contributed by atoms with van der Waals surface area (Å²) < 4.78 is 42.7. The molecule has 0 aliphatic carbocycles. The minimum Gasteiger partial charge on any atom is -0.483 e. The summed E-state index contributed by atoms with van der Waals surface area (Å²) in [6.45, 7) is 2.76. The highest BCUT2D eigenvalue weighted by Gasteiger charge is 2.42. The van der Waals surface area contributed by atoms with Gasteiger partial charge in [-0.3, -0.25) is 4.79 Å². The molecule has 36 heavy (non-hydrogen) atoms. The van der Waals surface area contributed by atoms with Crippen molar-refractivity contribution >= 4 is 29.0 Å². The number of nitrogens with zero attached hydrogens (tertiary/aromatic N) is 1. The fraction of sp³-hybridized carbons (Fsp3) is 0.321. The van der Waals surface area contributed by atoms with E-state index < -0.39 is 18.1 Å². The summed E-state index contributed by atoms with van der Waals surface area (Å²) in [5.41, 5.74) is 3.38. The standard InChI is InChI=1S/C28H28Cl2F3NO2/c1-19(27(35)28(31,32)33)36-25-15-5-20(6-16-25)4-3-17-34(2)18-26(21-7-11-23(29)12-8-21)22-9-13-24(30)14-10-22/h5-16,19,26H,3-4,17-18H2,1-2H3. The zero-order valence-electron chi connectivity index (χ0n) is 20.1. The summed E-state index contributed by atoms with van der Waals surface area (Å²) >= 11 is 12.2. The van der Waals surface area contributed by atoms with Gasteiger partial charge in [-0.05, 0) is 86.4 Å². The number of halogens is 5. The smallest absolute Gasteiger partial charge is 0.453 e. The summed E-state index contributed by atoms with van der Waals surface area (Å²) in [7, 11) is 2.08. The van der Waals surface area contributed by atoms with Crippen LogP contribution in [-0.4, -0.2) is 43.1 Å². The molecule has 0 bridgehead atoms. The van der Waals surface area contributed by atoms with Gasteiger partial charge in [0.1, 0.15) is 5.75 Å². The summed E-state index contributed by atoms with van der Waals surface area (Å²) in [6.07, 6.45) is -4.80. The van der Waals surface area contributed by atoms with Gasteiger partial charge in [-0.15, -0.1) is 0 Å². The molecule has 1 unspecified atom stereocenters. The molecule has 3 aromatic carbocycles. The largest absolute Gasteiger partial charge is 0.483 e. The molecule has 3 rings (SSSR count). The second kappa shape index (κ2) is 12.6. The van der Waals surface area contributed by atoms with Crippen LogP contribution >= 0.6 is 23.2 Å². The van der Waals surface area contributed by atoms with Gasteiger partial charge in [-0.2, -0.15) is 13.2 Å². The van der Waals surface area contributed by atoms with Crippen molar-refractivity contribution in [1.82, 2.24) is 4.90 Å². The lowest BCUT2D eigenvalue weighted by molar-refractivity contribution is -0.177. The molecule has 0 saturated carbocycles. The maximum Gasteiger partial charge on any atom is 0.453 e. The molecule has 0 saturated heterocycles. The molecule has 0 aliphatic heterocycles. The van der Waals surface area contributed by atoms with E-state index in [1.165, 1.54) is 11.1 Å². The van der Waals surface area contributed by atoms with Gasteiger partial charge >= 0.3 is 6.18 Å². The highest BCUT2D eigenvalue weighted by Crippen LogP contribution is 2.28. The number of hydrogen-bond acceptors (Lipinski definition) is 3.